The molecule has 0 radical (unpaired) electrons. The Morgan fingerprint density at radius 1 is 1.29 bits per heavy atom. The number of ether oxygens (including phenoxy) is 1. The van der Waals surface area contributed by atoms with Crippen molar-refractivity contribution in [1.29, 1.82) is 0 Å². The van der Waals surface area contributed by atoms with Gasteiger partial charge in [-0.2, -0.15) is 0 Å². The molecule has 0 bridgehead atoms. The minimum absolute atomic E-state index is 0.196. The molecule has 2 heteroatoms. The van der Waals surface area contributed by atoms with E-state index < -0.39 is 0 Å². The van der Waals surface area contributed by atoms with Crippen LogP contribution in [0.3, 0.4) is 0 Å². The predicted molar refractivity (Wildman–Crippen MR) is 73.3 cm³/mol. The van der Waals surface area contributed by atoms with E-state index in [4.69, 9.17) is 4.74 Å². The normalized spacial score (nSPS) is 13.7. The van der Waals surface area contributed by atoms with Gasteiger partial charge in [0.1, 0.15) is 0 Å². The van der Waals surface area contributed by atoms with E-state index in [0.29, 0.717) is 0 Å². The molecule has 1 aromatic carbocycles. The SMILES string of the molecule is CCNC(c1cccc(C)c1)C(C)(C)OCC. The number of benzene rings is 1. The van der Waals surface area contributed by atoms with E-state index in [0.717, 1.165) is 13.2 Å². The Morgan fingerprint density at radius 3 is 2.53 bits per heavy atom. The summed E-state index contributed by atoms with van der Waals surface area (Å²) in [4.78, 5) is 0. The van der Waals surface area contributed by atoms with Gasteiger partial charge in [-0.05, 0) is 39.8 Å². The highest BCUT2D eigenvalue weighted by Gasteiger charge is 2.30. The zero-order valence-corrected chi connectivity index (χ0v) is 11.7. The summed E-state index contributed by atoms with van der Waals surface area (Å²) < 4.78 is 5.88. The number of aryl methyl sites for hydroxylation is 1. The molecule has 1 atom stereocenters. The summed E-state index contributed by atoms with van der Waals surface area (Å²) in [6.07, 6.45) is 0. The van der Waals surface area contributed by atoms with Gasteiger partial charge in [-0.25, -0.2) is 0 Å². The lowest BCUT2D eigenvalue weighted by molar-refractivity contribution is -0.0388. The first kappa shape index (κ1) is 14.2. The lowest BCUT2D eigenvalue weighted by Gasteiger charge is -2.35. The Balaban J connectivity index is 3.00. The molecule has 1 unspecified atom stereocenters. The molecule has 0 saturated heterocycles. The molecule has 0 aromatic heterocycles. The first-order chi connectivity index (χ1) is 8.01. The van der Waals surface area contributed by atoms with Gasteiger partial charge >= 0.3 is 0 Å². The Labute approximate surface area is 105 Å². The Morgan fingerprint density at radius 2 is 2.00 bits per heavy atom. The fourth-order valence-electron chi connectivity index (χ4n) is 2.27. The first-order valence-corrected chi connectivity index (χ1v) is 6.45. The van der Waals surface area contributed by atoms with Crippen molar-refractivity contribution in [2.45, 2.75) is 46.3 Å². The van der Waals surface area contributed by atoms with Gasteiger partial charge in [0, 0.05) is 6.61 Å². The van der Waals surface area contributed by atoms with Gasteiger partial charge in [-0.1, -0.05) is 36.8 Å². The standard InChI is InChI=1S/C15H25NO/c1-6-16-14(15(4,5)17-7-2)13-10-8-9-12(3)11-13/h8-11,14,16H,6-7H2,1-5H3. The van der Waals surface area contributed by atoms with Crippen LogP contribution >= 0.6 is 0 Å². The quantitative estimate of drug-likeness (QED) is 0.815. The molecule has 0 saturated carbocycles. The molecule has 1 rings (SSSR count). The summed E-state index contributed by atoms with van der Waals surface area (Å²) in [6.45, 7) is 12.3. The maximum Gasteiger partial charge on any atom is 0.0820 e. The van der Waals surface area contributed by atoms with Crippen molar-refractivity contribution < 1.29 is 4.74 Å². The molecule has 0 amide bonds. The smallest absolute Gasteiger partial charge is 0.0820 e. The van der Waals surface area contributed by atoms with Crippen molar-refractivity contribution >= 4 is 0 Å². The summed E-state index contributed by atoms with van der Waals surface area (Å²) in [5.74, 6) is 0. The lowest BCUT2D eigenvalue weighted by Crippen LogP contribution is -2.41. The monoisotopic (exact) mass is 235 g/mol. The van der Waals surface area contributed by atoms with Gasteiger partial charge in [0.15, 0.2) is 0 Å². The highest BCUT2D eigenvalue weighted by Crippen LogP contribution is 2.29. The van der Waals surface area contributed by atoms with Crippen LogP contribution in [0, 0.1) is 6.92 Å². The molecule has 2 nitrogen and oxygen atoms in total. The Bertz CT molecular complexity index is 347. The topological polar surface area (TPSA) is 21.3 Å². The second kappa shape index (κ2) is 6.18. The lowest BCUT2D eigenvalue weighted by atomic mass is 9.90. The average molecular weight is 235 g/mol. The van der Waals surface area contributed by atoms with Gasteiger partial charge in [0.05, 0.1) is 11.6 Å². The molecule has 17 heavy (non-hydrogen) atoms. The average Bonchev–Trinajstić information content (AvgIpc) is 2.25. The van der Waals surface area contributed by atoms with Crippen LogP contribution in [-0.4, -0.2) is 18.8 Å². The van der Waals surface area contributed by atoms with Gasteiger partial charge in [-0.15, -0.1) is 0 Å². The molecule has 0 aliphatic rings. The minimum Gasteiger partial charge on any atom is -0.374 e. The number of rotatable bonds is 6. The van der Waals surface area contributed by atoms with E-state index in [-0.39, 0.29) is 11.6 Å². The van der Waals surface area contributed by atoms with E-state index in [9.17, 15) is 0 Å². The molecule has 96 valence electrons. The fourth-order valence-corrected chi connectivity index (χ4v) is 2.27. The zero-order chi connectivity index (χ0) is 12.9. The van der Waals surface area contributed by atoms with E-state index in [1.54, 1.807) is 0 Å². The molecule has 0 aliphatic heterocycles. The molecule has 0 aliphatic carbocycles. The number of hydrogen-bond donors (Lipinski definition) is 1. The van der Waals surface area contributed by atoms with Crippen LogP contribution in [0.4, 0.5) is 0 Å². The summed E-state index contributed by atoms with van der Waals surface area (Å²) in [6, 6.07) is 8.86. The summed E-state index contributed by atoms with van der Waals surface area (Å²) >= 11 is 0. The summed E-state index contributed by atoms with van der Waals surface area (Å²) in [5.41, 5.74) is 2.39. The summed E-state index contributed by atoms with van der Waals surface area (Å²) in [5, 5.41) is 3.53. The van der Waals surface area contributed by atoms with Crippen molar-refractivity contribution in [3.8, 4) is 0 Å². The van der Waals surface area contributed by atoms with Crippen molar-refractivity contribution in [1.82, 2.24) is 5.32 Å². The molecular formula is C15H25NO. The zero-order valence-electron chi connectivity index (χ0n) is 11.7. The van der Waals surface area contributed by atoms with E-state index in [1.807, 2.05) is 6.92 Å². The number of likely N-dealkylation sites (N-methyl/N-ethyl adjacent to an activating group) is 1. The molecule has 0 heterocycles. The third kappa shape index (κ3) is 3.83. The van der Waals surface area contributed by atoms with Crippen LogP contribution in [0.1, 0.15) is 44.9 Å². The second-order valence-electron chi connectivity index (χ2n) is 4.94. The van der Waals surface area contributed by atoms with Crippen LogP contribution in [0.25, 0.3) is 0 Å². The van der Waals surface area contributed by atoms with Gasteiger partial charge in [0.25, 0.3) is 0 Å². The van der Waals surface area contributed by atoms with Gasteiger partial charge in [-0.3, -0.25) is 0 Å². The predicted octanol–water partition coefficient (Wildman–Crippen LogP) is 3.46. The largest absolute Gasteiger partial charge is 0.374 e. The van der Waals surface area contributed by atoms with Crippen molar-refractivity contribution in [2.24, 2.45) is 0 Å². The van der Waals surface area contributed by atoms with Crippen LogP contribution in [0.2, 0.25) is 0 Å². The first-order valence-electron chi connectivity index (χ1n) is 6.45. The van der Waals surface area contributed by atoms with Crippen LogP contribution < -0.4 is 5.32 Å². The molecule has 0 fully saturated rings. The second-order valence-corrected chi connectivity index (χ2v) is 4.94. The fraction of sp³-hybridized carbons (Fsp3) is 0.600. The minimum atomic E-state index is -0.196. The third-order valence-corrected chi connectivity index (χ3v) is 3.00. The molecule has 0 spiro atoms. The van der Waals surface area contributed by atoms with Crippen LogP contribution in [0.5, 0.6) is 0 Å². The Kier molecular flexibility index (Phi) is 5.16. The molecular weight excluding hydrogens is 210 g/mol. The van der Waals surface area contributed by atoms with Crippen LogP contribution in [0.15, 0.2) is 24.3 Å². The van der Waals surface area contributed by atoms with Gasteiger partial charge < -0.3 is 10.1 Å². The Hall–Kier alpha value is -0.860. The molecule has 1 aromatic rings. The maximum absolute atomic E-state index is 5.88. The van der Waals surface area contributed by atoms with Crippen molar-refractivity contribution in [3.63, 3.8) is 0 Å². The van der Waals surface area contributed by atoms with E-state index >= 15 is 0 Å². The van der Waals surface area contributed by atoms with E-state index in [2.05, 4.69) is 57.3 Å². The highest BCUT2D eigenvalue weighted by atomic mass is 16.5. The third-order valence-electron chi connectivity index (χ3n) is 3.00. The van der Waals surface area contributed by atoms with E-state index in [1.165, 1.54) is 11.1 Å². The molecule has 1 N–H and O–H groups in total. The number of nitrogens with one attached hydrogen (secondary N) is 1. The van der Waals surface area contributed by atoms with Gasteiger partial charge in [0.2, 0.25) is 0 Å². The maximum atomic E-state index is 5.88. The summed E-state index contributed by atoms with van der Waals surface area (Å²) in [7, 11) is 0. The van der Waals surface area contributed by atoms with Crippen molar-refractivity contribution in [3.05, 3.63) is 35.4 Å². The number of hydrogen-bond acceptors (Lipinski definition) is 2. The van der Waals surface area contributed by atoms with Crippen molar-refractivity contribution in [2.75, 3.05) is 13.2 Å². The van der Waals surface area contributed by atoms with Crippen LogP contribution in [-0.2, 0) is 4.74 Å². The highest BCUT2D eigenvalue weighted by molar-refractivity contribution is 5.27.